The highest BCUT2D eigenvalue weighted by atomic mass is 16.5. The van der Waals surface area contributed by atoms with Gasteiger partial charge in [0.25, 0.3) is 5.91 Å². The highest BCUT2D eigenvalue weighted by Crippen LogP contribution is 2.15. The lowest BCUT2D eigenvalue weighted by Crippen LogP contribution is -2.23. The van der Waals surface area contributed by atoms with Crippen LogP contribution >= 0.6 is 0 Å². The predicted octanol–water partition coefficient (Wildman–Crippen LogP) is 2.21. The molecule has 0 saturated carbocycles. The Morgan fingerprint density at radius 2 is 2.00 bits per heavy atom. The summed E-state index contributed by atoms with van der Waals surface area (Å²) in [6, 6.07) is 17.1. The summed E-state index contributed by atoms with van der Waals surface area (Å²) < 4.78 is 6.72. The molecule has 1 N–H and O–H groups in total. The predicted molar refractivity (Wildman–Crippen MR) is 85.5 cm³/mol. The van der Waals surface area contributed by atoms with Crippen LogP contribution in [0.5, 0.6) is 5.75 Å². The molecular formula is C17H16N4O2. The number of amides is 1. The van der Waals surface area contributed by atoms with Crippen LogP contribution in [0, 0.1) is 0 Å². The third kappa shape index (κ3) is 3.55. The molecule has 1 heterocycles. The smallest absolute Gasteiger partial charge is 0.273 e. The van der Waals surface area contributed by atoms with E-state index in [1.54, 1.807) is 18.0 Å². The molecule has 0 bridgehead atoms. The van der Waals surface area contributed by atoms with Gasteiger partial charge in [-0.1, -0.05) is 41.6 Å². The second kappa shape index (κ2) is 6.74. The van der Waals surface area contributed by atoms with Gasteiger partial charge in [-0.2, -0.15) is 0 Å². The molecule has 0 aliphatic heterocycles. The second-order valence-corrected chi connectivity index (χ2v) is 4.92. The second-order valence-electron chi connectivity index (χ2n) is 4.92. The number of rotatable bonds is 5. The molecule has 2 aromatic carbocycles. The van der Waals surface area contributed by atoms with Crippen LogP contribution in [-0.4, -0.2) is 28.0 Å². The van der Waals surface area contributed by atoms with Gasteiger partial charge in [-0.05, 0) is 17.7 Å². The highest BCUT2D eigenvalue weighted by Gasteiger charge is 2.11. The monoisotopic (exact) mass is 308 g/mol. The molecule has 3 rings (SSSR count). The standard InChI is InChI=1S/C17H16N4O2/c1-23-15-9-5-8-14(10-15)21-12-16(19-20-21)17(22)18-11-13-6-3-2-4-7-13/h2-10,12H,11H2,1H3,(H,18,22). The van der Waals surface area contributed by atoms with Crippen molar-refractivity contribution < 1.29 is 9.53 Å². The third-order valence-electron chi connectivity index (χ3n) is 3.34. The van der Waals surface area contributed by atoms with Gasteiger partial charge < -0.3 is 10.1 Å². The van der Waals surface area contributed by atoms with Crippen molar-refractivity contribution in [1.82, 2.24) is 20.3 Å². The summed E-state index contributed by atoms with van der Waals surface area (Å²) in [5, 5.41) is 10.7. The van der Waals surface area contributed by atoms with Crippen molar-refractivity contribution in [1.29, 1.82) is 0 Å². The summed E-state index contributed by atoms with van der Waals surface area (Å²) in [6.45, 7) is 0.450. The van der Waals surface area contributed by atoms with Crippen LogP contribution in [-0.2, 0) is 6.54 Å². The number of methoxy groups -OCH3 is 1. The number of carbonyl (C=O) groups is 1. The first-order chi connectivity index (χ1) is 11.3. The van der Waals surface area contributed by atoms with E-state index in [4.69, 9.17) is 4.74 Å². The molecule has 0 fully saturated rings. The summed E-state index contributed by atoms with van der Waals surface area (Å²) in [5.41, 5.74) is 2.07. The SMILES string of the molecule is COc1cccc(-n2cc(C(=O)NCc3ccccc3)nn2)c1. The number of hydrogen-bond acceptors (Lipinski definition) is 4. The van der Waals surface area contributed by atoms with Crippen molar-refractivity contribution in [2.75, 3.05) is 7.11 Å². The van der Waals surface area contributed by atoms with E-state index in [0.717, 1.165) is 11.3 Å². The minimum atomic E-state index is -0.261. The number of nitrogens with one attached hydrogen (secondary N) is 1. The average Bonchev–Trinajstić information content (AvgIpc) is 3.11. The van der Waals surface area contributed by atoms with E-state index in [-0.39, 0.29) is 11.6 Å². The van der Waals surface area contributed by atoms with Crippen LogP contribution in [0.3, 0.4) is 0 Å². The van der Waals surface area contributed by atoms with Crippen LogP contribution in [0.25, 0.3) is 5.69 Å². The van der Waals surface area contributed by atoms with Gasteiger partial charge in [0, 0.05) is 12.6 Å². The molecule has 1 amide bonds. The van der Waals surface area contributed by atoms with Crippen LogP contribution in [0.1, 0.15) is 16.1 Å². The fourth-order valence-electron chi connectivity index (χ4n) is 2.12. The minimum Gasteiger partial charge on any atom is -0.497 e. The molecular weight excluding hydrogens is 292 g/mol. The molecule has 6 nitrogen and oxygen atoms in total. The Bertz CT molecular complexity index is 799. The zero-order chi connectivity index (χ0) is 16.1. The lowest BCUT2D eigenvalue weighted by atomic mass is 10.2. The minimum absolute atomic E-state index is 0.261. The molecule has 0 radical (unpaired) electrons. The van der Waals surface area contributed by atoms with Gasteiger partial charge in [-0.25, -0.2) is 4.68 Å². The topological polar surface area (TPSA) is 69.0 Å². The number of benzene rings is 2. The van der Waals surface area contributed by atoms with Gasteiger partial charge in [0.1, 0.15) is 5.75 Å². The molecule has 0 saturated heterocycles. The van der Waals surface area contributed by atoms with Gasteiger partial charge >= 0.3 is 0 Å². The molecule has 3 aromatic rings. The zero-order valence-electron chi connectivity index (χ0n) is 12.6. The molecule has 0 aliphatic rings. The maximum Gasteiger partial charge on any atom is 0.273 e. The van der Waals surface area contributed by atoms with Crippen LogP contribution in [0.2, 0.25) is 0 Å². The first-order valence-electron chi connectivity index (χ1n) is 7.15. The van der Waals surface area contributed by atoms with Crippen molar-refractivity contribution in [3.05, 3.63) is 72.1 Å². The Morgan fingerprint density at radius 1 is 1.17 bits per heavy atom. The van der Waals surface area contributed by atoms with Gasteiger partial charge in [0.15, 0.2) is 5.69 Å². The number of hydrogen-bond donors (Lipinski definition) is 1. The largest absolute Gasteiger partial charge is 0.497 e. The molecule has 0 spiro atoms. The van der Waals surface area contributed by atoms with E-state index in [0.29, 0.717) is 12.3 Å². The Labute approximate surface area is 133 Å². The van der Waals surface area contributed by atoms with Crippen LogP contribution in [0.4, 0.5) is 0 Å². The van der Waals surface area contributed by atoms with E-state index in [1.807, 2.05) is 54.6 Å². The summed E-state index contributed by atoms with van der Waals surface area (Å²) >= 11 is 0. The number of ether oxygens (including phenoxy) is 1. The summed E-state index contributed by atoms with van der Waals surface area (Å²) in [6.07, 6.45) is 1.59. The Hall–Kier alpha value is -3.15. The summed E-state index contributed by atoms with van der Waals surface area (Å²) in [5.74, 6) is 0.455. The average molecular weight is 308 g/mol. The number of carbonyl (C=O) groups excluding carboxylic acids is 1. The molecule has 0 atom stereocenters. The normalized spacial score (nSPS) is 10.3. The Morgan fingerprint density at radius 3 is 2.78 bits per heavy atom. The van der Waals surface area contributed by atoms with Gasteiger partial charge in [-0.3, -0.25) is 4.79 Å². The summed E-state index contributed by atoms with van der Waals surface area (Å²) in [7, 11) is 1.60. The van der Waals surface area contributed by atoms with Gasteiger partial charge in [0.05, 0.1) is 19.0 Å². The molecule has 6 heteroatoms. The van der Waals surface area contributed by atoms with E-state index < -0.39 is 0 Å². The maximum atomic E-state index is 12.1. The molecule has 0 unspecified atom stereocenters. The summed E-state index contributed by atoms with van der Waals surface area (Å²) in [4.78, 5) is 12.1. The van der Waals surface area contributed by atoms with Crippen molar-refractivity contribution in [3.8, 4) is 11.4 Å². The van der Waals surface area contributed by atoms with Crippen LogP contribution in [0.15, 0.2) is 60.8 Å². The molecule has 1 aromatic heterocycles. The fraction of sp³-hybridized carbons (Fsp3) is 0.118. The highest BCUT2D eigenvalue weighted by molar-refractivity contribution is 5.91. The zero-order valence-corrected chi connectivity index (χ0v) is 12.6. The van der Waals surface area contributed by atoms with Crippen molar-refractivity contribution in [3.63, 3.8) is 0 Å². The Balaban J connectivity index is 1.69. The van der Waals surface area contributed by atoms with Crippen molar-refractivity contribution in [2.24, 2.45) is 0 Å². The first kappa shape index (κ1) is 14.8. The van der Waals surface area contributed by atoms with Crippen LogP contribution < -0.4 is 10.1 Å². The van der Waals surface area contributed by atoms with Gasteiger partial charge in [-0.15, -0.1) is 5.10 Å². The van der Waals surface area contributed by atoms with Gasteiger partial charge in [0.2, 0.25) is 0 Å². The lowest BCUT2D eigenvalue weighted by Gasteiger charge is -2.03. The third-order valence-corrected chi connectivity index (χ3v) is 3.34. The fourth-order valence-corrected chi connectivity index (χ4v) is 2.12. The van der Waals surface area contributed by atoms with E-state index in [9.17, 15) is 4.79 Å². The first-order valence-corrected chi connectivity index (χ1v) is 7.15. The molecule has 116 valence electrons. The molecule has 0 aliphatic carbocycles. The molecule has 23 heavy (non-hydrogen) atoms. The lowest BCUT2D eigenvalue weighted by molar-refractivity contribution is 0.0946. The number of nitrogens with zero attached hydrogens (tertiary/aromatic N) is 3. The van der Waals surface area contributed by atoms with Crippen molar-refractivity contribution in [2.45, 2.75) is 6.54 Å². The van der Waals surface area contributed by atoms with E-state index in [1.165, 1.54) is 0 Å². The Kier molecular flexibility index (Phi) is 4.33. The van der Waals surface area contributed by atoms with E-state index >= 15 is 0 Å². The maximum absolute atomic E-state index is 12.1. The quantitative estimate of drug-likeness (QED) is 0.784. The van der Waals surface area contributed by atoms with Crippen molar-refractivity contribution >= 4 is 5.91 Å². The van der Waals surface area contributed by atoms with E-state index in [2.05, 4.69) is 15.6 Å². The number of aromatic nitrogens is 3.